The first kappa shape index (κ1) is 15.8. The van der Waals surface area contributed by atoms with E-state index in [2.05, 4.69) is 36.3 Å². The lowest BCUT2D eigenvalue weighted by Gasteiger charge is -2.15. The van der Waals surface area contributed by atoms with Crippen molar-refractivity contribution in [1.29, 1.82) is 0 Å². The molecule has 2 heterocycles. The van der Waals surface area contributed by atoms with E-state index >= 15 is 0 Å². The molecule has 1 atom stereocenters. The molecular weight excluding hydrogens is 368 g/mol. The van der Waals surface area contributed by atoms with Gasteiger partial charge in [-0.15, -0.1) is 0 Å². The van der Waals surface area contributed by atoms with Crippen LogP contribution in [0.5, 0.6) is 0 Å². The first-order chi connectivity index (χ1) is 11.7. The molecule has 126 valence electrons. The lowest BCUT2D eigenvalue weighted by Crippen LogP contribution is -2.37. The summed E-state index contributed by atoms with van der Waals surface area (Å²) in [7, 11) is 0. The Morgan fingerprint density at radius 2 is 2.08 bits per heavy atom. The van der Waals surface area contributed by atoms with Crippen molar-refractivity contribution in [2.24, 2.45) is 5.92 Å². The van der Waals surface area contributed by atoms with Crippen LogP contribution in [0.25, 0.3) is 11.3 Å². The minimum Gasteiger partial charge on any atom is -0.347 e. The van der Waals surface area contributed by atoms with Crippen LogP contribution in [-0.4, -0.2) is 46.7 Å². The van der Waals surface area contributed by atoms with Gasteiger partial charge < -0.3 is 10.2 Å². The topological polar surface area (TPSA) is 61.0 Å². The van der Waals surface area contributed by atoms with E-state index in [0.717, 1.165) is 41.2 Å². The van der Waals surface area contributed by atoms with Gasteiger partial charge in [0.2, 0.25) is 0 Å². The van der Waals surface area contributed by atoms with Gasteiger partial charge in [0.25, 0.3) is 5.91 Å². The molecule has 24 heavy (non-hydrogen) atoms. The highest BCUT2D eigenvalue weighted by atomic mass is 79.9. The maximum absolute atomic E-state index is 12.4. The summed E-state index contributed by atoms with van der Waals surface area (Å²) in [6.07, 6.45) is 3.78. The van der Waals surface area contributed by atoms with Gasteiger partial charge in [0.15, 0.2) is 0 Å². The van der Waals surface area contributed by atoms with Gasteiger partial charge >= 0.3 is 0 Å². The molecule has 4 rings (SSSR count). The van der Waals surface area contributed by atoms with Gasteiger partial charge in [-0.05, 0) is 43.4 Å². The van der Waals surface area contributed by atoms with Crippen LogP contribution in [0.3, 0.4) is 0 Å². The molecule has 1 aromatic heterocycles. The average Bonchev–Trinajstić information content (AvgIpc) is 3.07. The van der Waals surface area contributed by atoms with Crippen LogP contribution in [0.4, 0.5) is 0 Å². The molecule has 2 N–H and O–H groups in total. The zero-order chi connectivity index (χ0) is 16.5. The number of nitrogens with one attached hydrogen (secondary N) is 2. The molecule has 2 fully saturated rings. The second kappa shape index (κ2) is 6.69. The molecule has 6 heteroatoms. The third kappa shape index (κ3) is 3.70. The summed E-state index contributed by atoms with van der Waals surface area (Å²) in [4.78, 5) is 14.9. The number of hydrogen-bond acceptors (Lipinski definition) is 3. The molecular formula is C18H21BrN4O. The van der Waals surface area contributed by atoms with Gasteiger partial charge in [0.1, 0.15) is 5.69 Å². The first-order valence-corrected chi connectivity index (χ1v) is 9.31. The number of likely N-dealkylation sites (tertiary alicyclic amines) is 1. The normalized spacial score (nSPS) is 21.1. The van der Waals surface area contributed by atoms with Gasteiger partial charge in [-0.3, -0.25) is 9.89 Å². The third-order valence-corrected chi connectivity index (χ3v) is 5.31. The summed E-state index contributed by atoms with van der Waals surface area (Å²) in [5, 5.41) is 10.3. The fourth-order valence-corrected chi connectivity index (χ4v) is 3.52. The molecule has 0 bridgehead atoms. The Balaban J connectivity index is 1.35. The maximum atomic E-state index is 12.4. The number of benzene rings is 1. The summed E-state index contributed by atoms with van der Waals surface area (Å²) in [5.41, 5.74) is 2.30. The zero-order valence-electron chi connectivity index (χ0n) is 13.5. The Hall–Kier alpha value is -1.66. The van der Waals surface area contributed by atoms with Gasteiger partial charge in [-0.1, -0.05) is 28.1 Å². The average molecular weight is 389 g/mol. The second-order valence-corrected chi connectivity index (χ2v) is 7.75. The summed E-state index contributed by atoms with van der Waals surface area (Å²) >= 11 is 3.42. The predicted molar refractivity (Wildman–Crippen MR) is 96.8 cm³/mol. The molecule has 1 saturated carbocycles. The van der Waals surface area contributed by atoms with Crippen LogP contribution in [0.2, 0.25) is 0 Å². The van der Waals surface area contributed by atoms with Crippen molar-refractivity contribution >= 4 is 21.8 Å². The molecule has 2 aliphatic rings. The van der Waals surface area contributed by atoms with E-state index < -0.39 is 0 Å². The van der Waals surface area contributed by atoms with E-state index in [4.69, 9.17) is 0 Å². The van der Waals surface area contributed by atoms with Crippen LogP contribution in [0.15, 0.2) is 34.8 Å². The monoisotopic (exact) mass is 388 g/mol. The summed E-state index contributed by atoms with van der Waals surface area (Å²) in [5.74, 6) is 0.838. The van der Waals surface area contributed by atoms with Gasteiger partial charge in [0.05, 0.1) is 5.69 Å². The standard InChI is InChI=1S/C18H21BrN4O/c19-14-5-3-13(4-6-14)16-9-17(22-21-16)18(24)20-15-7-8-23(11-15)10-12-1-2-12/h3-6,9,12,15H,1-2,7-8,10-11H2,(H,20,24)(H,21,22). The van der Waals surface area contributed by atoms with E-state index in [0.29, 0.717) is 5.69 Å². The number of amides is 1. The molecule has 1 unspecified atom stereocenters. The Bertz CT molecular complexity index is 723. The Morgan fingerprint density at radius 3 is 2.83 bits per heavy atom. The number of H-pyrrole nitrogens is 1. The number of nitrogens with zero attached hydrogens (tertiary/aromatic N) is 2. The van der Waals surface area contributed by atoms with Crippen molar-refractivity contribution in [3.63, 3.8) is 0 Å². The minimum atomic E-state index is -0.0656. The van der Waals surface area contributed by atoms with Crippen LogP contribution >= 0.6 is 15.9 Å². The molecule has 1 amide bonds. The van der Waals surface area contributed by atoms with Crippen molar-refractivity contribution < 1.29 is 4.79 Å². The molecule has 5 nitrogen and oxygen atoms in total. The Kier molecular flexibility index (Phi) is 4.41. The Labute approximate surface area is 149 Å². The number of halogens is 1. The van der Waals surface area contributed by atoms with E-state index in [1.807, 2.05) is 30.3 Å². The van der Waals surface area contributed by atoms with E-state index in [1.54, 1.807) is 0 Å². The SMILES string of the molecule is O=C(NC1CCN(CC2CC2)C1)c1cc(-c2ccc(Br)cc2)n[nH]1. The van der Waals surface area contributed by atoms with Crippen molar-refractivity contribution in [1.82, 2.24) is 20.4 Å². The second-order valence-electron chi connectivity index (χ2n) is 6.84. The van der Waals surface area contributed by atoms with Crippen LogP contribution in [0, 0.1) is 5.92 Å². The highest BCUT2D eigenvalue weighted by Gasteiger charge is 2.30. The maximum Gasteiger partial charge on any atom is 0.269 e. The van der Waals surface area contributed by atoms with Gasteiger partial charge in [0, 0.05) is 35.7 Å². The van der Waals surface area contributed by atoms with E-state index in [-0.39, 0.29) is 11.9 Å². The van der Waals surface area contributed by atoms with Crippen LogP contribution < -0.4 is 5.32 Å². The number of carbonyl (C=O) groups is 1. The lowest BCUT2D eigenvalue weighted by atomic mass is 10.1. The highest BCUT2D eigenvalue weighted by molar-refractivity contribution is 9.10. The van der Waals surface area contributed by atoms with Crippen molar-refractivity contribution in [3.05, 3.63) is 40.5 Å². The zero-order valence-corrected chi connectivity index (χ0v) is 15.1. The molecule has 1 aliphatic heterocycles. The number of carbonyl (C=O) groups excluding carboxylic acids is 1. The van der Waals surface area contributed by atoms with Crippen molar-refractivity contribution in [2.75, 3.05) is 19.6 Å². The minimum absolute atomic E-state index is 0.0656. The predicted octanol–water partition coefficient (Wildman–Crippen LogP) is 3.05. The molecule has 1 aromatic carbocycles. The van der Waals surface area contributed by atoms with Crippen LogP contribution in [-0.2, 0) is 0 Å². The number of rotatable bonds is 5. The largest absolute Gasteiger partial charge is 0.347 e. The fraction of sp³-hybridized carbons (Fsp3) is 0.444. The fourth-order valence-electron chi connectivity index (χ4n) is 3.25. The highest BCUT2D eigenvalue weighted by Crippen LogP contribution is 2.30. The molecule has 0 spiro atoms. The smallest absolute Gasteiger partial charge is 0.269 e. The van der Waals surface area contributed by atoms with E-state index in [1.165, 1.54) is 19.4 Å². The number of hydrogen-bond donors (Lipinski definition) is 2. The molecule has 2 aromatic rings. The van der Waals surface area contributed by atoms with Crippen LogP contribution in [0.1, 0.15) is 29.8 Å². The summed E-state index contributed by atoms with van der Waals surface area (Å²) < 4.78 is 1.02. The number of aromatic amines is 1. The molecule has 1 saturated heterocycles. The number of aromatic nitrogens is 2. The van der Waals surface area contributed by atoms with Crippen molar-refractivity contribution in [2.45, 2.75) is 25.3 Å². The molecule has 1 aliphatic carbocycles. The third-order valence-electron chi connectivity index (χ3n) is 4.78. The summed E-state index contributed by atoms with van der Waals surface area (Å²) in [6.45, 7) is 3.26. The Morgan fingerprint density at radius 1 is 1.29 bits per heavy atom. The summed E-state index contributed by atoms with van der Waals surface area (Å²) in [6, 6.07) is 9.96. The van der Waals surface area contributed by atoms with E-state index in [9.17, 15) is 4.79 Å². The molecule has 0 radical (unpaired) electrons. The lowest BCUT2D eigenvalue weighted by molar-refractivity contribution is 0.0932. The quantitative estimate of drug-likeness (QED) is 0.827. The first-order valence-electron chi connectivity index (χ1n) is 8.52. The van der Waals surface area contributed by atoms with Gasteiger partial charge in [-0.25, -0.2) is 0 Å². The van der Waals surface area contributed by atoms with Gasteiger partial charge in [-0.2, -0.15) is 5.10 Å². The van der Waals surface area contributed by atoms with Crippen molar-refractivity contribution in [3.8, 4) is 11.3 Å².